The van der Waals surface area contributed by atoms with Crippen molar-refractivity contribution in [1.82, 2.24) is 4.90 Å². The topological polar surface area (TPSA) is 70.8 Å². The van der Waals surface area contributed by atoms with Gasteiger partial charge >= 0.3 is 0 Å². The molecule has 0 spiro atoms. The summed E-state index contributed by atoms with van der Waals surface area (Å²) in [5, 5.41) is 10.4. The van der Waals surface area contributed by atoms with E-state index in [1.807, 2.05) is 0 Å². The minimum atomic E-state index is -0.644. The van der Waals surface area contributed by atoms with Crippen molar-refractivity contribution in [2.45, 2.75) is 12.5 Å². The van der Waals surface area contributed by atoms with Gasteiger partial charge in [0.2, 0.25) is 5.76 Å². The zero-order valence-corrected chi connectivity index (χ0v) is 15.6. The van der Waals surface area contributed by atoms with Crippen LogP contribution in [0.3, 0.4) is 0 Å². The largest absolute Gasteiger partial charge is 0.450 e. The summed E-state index contributed by atoms with van der Waals surface area (Å²) >= 11 is 12.2. The van der Waals surface area contributed by atoms with E-state index in [0.29, 0.717) is 33.0 Å². The van der Waals surface area contributed by atoms with Crippen LogP contribution in [0.4, 0.5) is 0 Å². The highest BCUT2D eigenvalue weighted by atomic mass is 35.5. The quantitative estimate of drug-likeness (QED) is 0.713. The molecule has 3 aromatic rings. The van der Waals surface area contributed by atoms with Crippen molar-refractivity contribution in [3.05, 3.63) is 79.6 Å². The molecule has 1 unspecified atom stereocenters. The number of rotatable bonds is 4. The third kappa shape index (κ3) is 2.92. The monoisotopic (exact) mass is 403 g/mol. The fraction of sp³-hybridized carbons (Fsp3) is 0.200. The SMILES string of the molecule is O=C1c2oc3ccccc3c(=O)c2C(c2ccc(Cl)c(Cl)c2)N1CCCO. The van der Waals surface area contributed by atoms with Crippen LogP contribution in [0.2, 0.25) is 10.0 Å². The summed E-state index contributed by atoms with van der Waals surface area (Å²) in [5.41, 5.74) is 1.07. The molecule has 7 heteroatoms. The number of carbonyl (C=O) groups is 1. The van der Waals surface area contributed by atoms with Gasteiger partial charge in [-0.1, -0.05) is 41.4 Å². The Hall–Kier alpha value is -2.34. The van der Waals surface area contributed by atoms with Gasteiger partial charge in [0.15, 0.2) is 5.43 Å². The Bertz CT molecular complexity index is 1110. The summed E-state index contributed by atoms with van der Waals surface area (Å²) in [6, 6.07) is 11.2. The van der Waals surface area contributed by atoms with E-state index in [2.05, 4.69) is 0 Å². The molecule has 0 saturated carbocycles. The Morgan fingerprint density at radius 3 is 2.59 bits per heavy atom. The van der Waals surface area contributed by atoms with Crippen LogP contribution in [-0.2, 0) is 0 Å². The van der Waals surface area contributed by atoms with Gasteiger partial charge in [-0.05, 0) is 36.2 Å². The van der Waals surface area contributed by atoms with E-state index in [1.54, 1.807) is 42.5 Å². The molecule has 5 nitrogen and oxygen atoms in total. The molecule has 1 aromatic heterocycles. The molecule has 1 atom stereocenters. The number of hydrogen-bond donors (Lipinski definition) is 1. The normalized spacial score (nSPS) is 16.2. The lowest BCUT2D eigenvalue weighted by Crippen LogP contribution is -2.31. The first-order chi connectivity index (χ1) is 13.0. The van der Waals surface area contributed by atoms with Gasteiger partial charge in [-0.25, -0.2) is 0 Å². The molecule has 1 amide bonds. The predicted molar refractivity (Wildman–Crippen MR) is 104 cm³/mol. The highest BCUT2D eigenvalue weighted by Crippen LogP contribution is 2.39. The second-order valence-corrected chi connectivity index (χ2v) is 7.14. The van der Waals surface area contributed by atoms with Crippen LogP contribution in [0.1, 0.15) is 34.1 Å². The maximum Gasteiger partial charge on any atom is 0.290 e. The number of halogens is 2. The standard InChI is InChI=1S/C20H15Cl2NO4/c21-13-7-6-11(10-14(13)22)17-16-18(25)12-4-1-2-5-15(12)27-19(16)20(26)23(17)8-3-9-24/h1-2,4-7,10,17,24H,3,8-9H2. The Morgan fingerprint density at radius 1 is 1.07 bits per heavy atom. The van der Waals surface area contributed by atoms with Crippen molar-refractivity contribution in [3.63, 3.8) is 0 Å². The molecule has 0 saturated heterocycles. The van der Waals surface area contributed by atoms with Gasteiger partial charge in [0.1, 0.15) is 5.58 Å². The summed E-state index contributed by atoms with van der Waals surface area (Å²) in [6.45, 7) is 0.206. The number of hydrogen-bond acceptors (Lipinski definition) is 4. The molecule has 1 aliphatic heterocycles. The van der Waals surface area contributed by atoms with Crippen LogP contribution in [-0.4, -0.2) is 29.1 Å². The van der Waals surface area contributed by atoms with Crippen LogP contribution < -0.4 is 5.43 Å². The molecule has 0 bridgehead atoms. The molecule has 138 valence electrons. The molecule has 1 N–H and O–H groups in total. The van der Waals surface area contributed by atoms with Gasteiger partial charge in [0.05, 0.1) is 27.0 Å². The number of para-hydroxylation sites is 1. The minimum absolute atomic E-state index is 0.0349. The third-order valence-corrected chi connectivity index (χ3v) is 5.43. The number of fused-ring (bicyclic) bond motifs is 2. The second-order valence-electron chi connectivity index (χ2n) is 6.32. The van der Waals surface area contributed by atoms with E-state index in [0.717, 1.165) is 0 Å². The number of aliphatic hydroxyl groups excluding tert-OH is 1. The molecule has 0 radical (unpaired) electrons. The van der Waals surface area contributed by atoms with Crippen molar-refractivity contribution in [3.8, 4) is 0 Å². The number of carbonyl (C=O) groups excluding carboxylic acids is 1. The lowest BCUT2D eigenvalue weighted by atomic mass is 9.98. The smallest absolute Gasteiger partial charge is 0.290 e. The van der Waals surface area contributed by atoms with Crippen molar-refractivity contribution in [2.75, 3.05) is 13.2 Å². The van der Waals surface area contributed by atoms with Gasteiger partial charge < -0.3 is 14.4 Å². The van der Waals surface area contributed by atoms with Crippen LogP contribution in [0.25, 0.3) is 11.0 Å². The highest BCUT2D eigenvalue weighted by molar-refractivity contribution is 6.42. The highest BCUT2D eigenvalue weighted by Gasteiger charge is 2.42. The Balaban J connectivity index is 1.97. The van der Waals surface area contributed by atoms with E-state index in [-0.39, 0.29) is 35.8 Å². The minimum Gasteiger partial charge on any atom is -0.450 e. The maximum atomic E-state index is 13.2. The first kappa shape index (κ1) is 18.0. The first-order valence-corrected chi connectivity index (χ1v) is 9.21. The molecular formula is C20H15Cl2NO4. The summed E-state index contributed by atoms with van der Waals surface area (Å²) < 4.78 is 5.80. The number of benzene rings is 2. The Morgan fingerprint density at radius 2 is 1.85 bits per heavy atom. The van der Waals surface area contributed by atoms with Crippen molar-refractivity contribution in [1.29, 1.82) is 0 Å². The fourth-order valence-electron chi connectivity index (χ4n) is 3.47. The second kappa shape index (κ2) is 7.00. The number of nitrogens with zero attached hydrogens (tertiary/aromatic N) is 1. The van der Waals surface area contributed by atoms with E-state index < -0.39 is 6.04 Å². The van der Waals surface area contributed by atoms with Gasteiger partial charge in [0, 0.05) is 13.2 Å². The van der Waals surface area contributed by atoms with Crippen LogP contribution >= 0.6 is 23.2 Å². The maximum absolute atomic E-state index is 13.2. The molecular weight excluding hydrogens is 389 g/mol. The summed E-state index contributed by atoms with van der Waals surface area (Å²) in [4.78, 5) is 27.7. The van der Waals surface area contributed by atoms with E-state index in [1.165, 1.54) is 4.90 Å². The van der Waals surface area contributed by atoms with Gasteiger partial charge in [-0.2, -0.15) is 0 Å². The van der Waals surface area contributed by atoms with Crippen molar-refractivity contribution >= 4 is 40.1 Å². The molecule has 1 aliphatic rings. The predicted octanol–water partition coefficient (Wildman–Crippen LogP) is 4.03. The van der Waals surface area contributed by atoms with Crippen LogP contribution in [0.5, 0.6) is 0 Å². The lowest BCUT2D eigenvalue weighted by molar-refractivity contribution is 0.0716. The fourth-order valence-corrected chi connectivity index (χ4v) is 3.77. The lowest BCUT2D eigenvalue weighted by Gasteiger charge is -2.25. The van der Waals surface area contributed by atoms with Crippen LogP contribution in [0.15, 0.2) is 51.7 Å². The van der Waals surface area contributed by atoms with Gasteiger partial charge in [-0.15, -0.1) is 0 Å². The third-order valence-electron chi connectivity index (χ3n) is 4.69. The van der Waals surface area contributed by atoms with Gasteiger partial charge in [-0.3, -0.25) is 9.59 Å². The van der Waals surface area contributed by atoms with E-state index in [9.17, 15) is 14.7 Å². The zero-order chi connectivity index (χ0) is 19.1. The molecule has 0 fully saturated rings. The molecule has 0 aliphatic carbocycles. The molecule has 2 aromatic carbocycles. The summed E-state index contributed by atoms with van der Waals surface area (Å²) in [7, 11) is 0. The zero-order valence-electron chi connectivity index (χ0n) is 14.1. The first-order valence-electron chi connectivity index (χ1n) is 8.45. The average Bonchev–Trinajstić information content (AvgIpc) is 2.95. The molecule has 4 rings (SSSR count). The van der Waals surface area contributed by atoms with Crippen LogP contribution in [0, 0.1) is 0 Å². The molecule has 27 heavy (non-hydrogen) atoms. The van der Waals surface area contributed by atoms with E-state index in [4.69, 9.17) is 27.6 Å². The van der Waals surface area contributed by atoms with Crippen molar-refractivity contribution < 1.29 is 14.3 Å². The van der Waals surface area contributed by atoms with Gasteiger partial charge in [0.25, 0.3) is 5.91 Å². The summed E-state index contributed by atoms with van der Waals surface area (Å²) in [6.07, 6.45) is 0.380. The Labute approximate surface area is 164 Å². The van der Waals surface area contributed by atoms with E-state index >= 15 is 0 Å². The van der Waals surface area contributed by atoms with Crippen molar-refractivity contribution in [2.24, 2.45) is 0 Å². The molecule has 2 heterocycles. The Kier molecular flexibility index (Phi) is 4.68. The number of amides is 1. The average molecular weight is 404 g/mol. The number of aliphatic hydroxyl groups is 1. The summed E-state index contributed by atoms with van der Waals surface area (Å²) in [5.74, 6) is -0.343.